The second-order valence-electron chi connectivity index (χ2n) is 7.10. The Kier molecular flexibility index (Phi) is 5.20. The van der Waals surface area contributed by atoms with Gasteiger partial charge in [-0.15, -0.1) is 5.10 Å². The van der Waals surface area contributed by atoms with Gasteiger partial charge in [-0.3, -0.25) is 9.59 Å². The zero-order chi connectivity index (χ0) is 20.4. The third-order valence-corrected chi connectivity index (χ3v) is 5.14. The van der Waals surface area contributed by atoms with Crippen molar-refractivity contribution < 1.29 is 9.18 Å². The van der Waals surface area contributed by atoms with Crippen LogP contribution in [0.3, 0.4) is 0 Å². The van der Waals surface area contributed by atoms with Crippen molar-refractivity contribution in [3.8, 4) is 0 Å². The number of aromatic nitrogens is 5. The fourth-order valence-electron chi connectivity index (χ4n) is 3.57. The molecule has 29 heavy (non-hydrogen) atoms. The van der Waals surface area contributed by atoms with Gasteiger partial charge in [0.25, 0.3) is 5.56 Å². The number of halogens is 1. The predicted molar refractivity (Wildman–Crippen MR) is 105 cm³/mol. The van der Waals surface area contributed by atoms with Crippen LogP contribution in [0.15, 0.2) is 41.2 Å². The number of H-pyrrole nitrogens is 1. The number of likely N-dealkylation sites (tertiary alicyclic amines) is 1. The molecule has 3 heterocycles. The number of hydrogen-bond donors (Lipinski definition) is 1. The molecule has 3 aromatic rings. The molecule has 1 aliphatic heterocycles. The number of piperidine rings is 1. The quantitative estimate of drug-likeness (QED) is 0.680. The number of amides is 1. The number of nitrogens with one attached hydrogen (secondary N) is 1. The molecule has 1 fully saturated rings. The monoisotopic (exact) mass is 396 g/mol. The first-order valence-corrected chi connectivity index (χ1v) is 9.54. The van der Waals surface area contributed by atoms with E-state index in [1.54, 1.807) is 33.9 Å². The molecule has 0 spiro atoms. The zero-order valence-electron chi connectivity index (χ0n) is 16.0. The molecule has 1 aromatic carbocycles. The Hall–Kier alpha value is -3.36. The SMILES string of the molecule is C/C=C/C(=O)N1CCC(c2nc3c(nnn3Cc3ccc(F)cc3)c(=O)[nH]2)CC1. The second kappa shape index (κ2) is 7.94. The lowest BCUT2D eigenvalue weighted by Crippen LogP contribution is -2.37. The molecule has 2 aromatic heterocycles. The van der Waals surface area contributed by atoms with E-state index < -0.39 is 0 Å². The number of carbonyl (C=O) groups is 1. The fourth-order valence-corrected chi connectivity index (χ4v) is 3.57. The van der Waals surface area contributed by atoms with E-state index in [1.165, 1.54) is 12.1 Å². The summed E-state index contributed by atoms with van der Waals surface area (Å²) < 4.78 is 14.7. The van der Waals surface area contributed by atoms with E-state index in [9.17, 15) is 14.0 Å². The zero-order valence-corrected chi connectivity index (χ0v) is 16.0. The maximum atomic E-state index is 13.1. The van der Waals surface area contributed by atoms with Crippen molar-refractivity contribution in [1.82, 2.24) is 29.9 Å². The average Bonchev–Trinajstić information content (AvgIpc) is 3.13. The predicted octanol–water partition coefficient (Wildman–Crippen LogP) is 1.98. The lowest BCUT2D eigenvalue weighted by atomic mass is 9.96. The van der Waals surface area contributed by atoms with Gasteiger partial charge in [-0.05, 0) is 43.5 Å². The summed E-state index contributed by atoms with van der Waals surface area (Å²) in [5, 5.41) is 7.99. The Bertz CT molecular complexity index is 1110. The van der Waals surface area contributed by atoms with Crippen molar-refractivity contribution in [2.45, 2.75) is 32.2 Å². The van der Waals surface area contributed by atoms with E-state index in [2.05, 4.69) is 20.3 Å². The van der Waals surface area contributed by atoms with Gasteiger partial charge in [0.05, 0.1) is 6.54 Å². The van der Waals surface area contributed by atoms with Crippen LogP contribution in [0.1, 0.15) is 37.1 Å². The van der Waals surface area contributed by atoms with Crippen LogP contribution in [-0.4, -0.2) is 48.9 Å². The van der Waals surface area contributed by atoms with Gasteiger partial charge in [0.2, 0.25) is 5.91 Å². The van der Waals surface area contributed by atoms with Crippen LogP contribution >= 0.6 is 0 Å². The molecule has 0 unspecified atom stereocenters. The molecule has 9 heteroatoms. The van der Waals surface area contributed by atoms with Crippen molar-refractivity contribution in [2.24, 2.45) is 0 Å². The summed E-state index contributed by atoms with van der Waals surface area (Å²) in [6.45, 7) is 3.38. The third kappa shape index (κ3) is 3.94. The lowest BCUT2D eigenvalue weighted by Gasteiger charge is -2.30. The van der Waals surface area contributed by atoms with Crippen LogP contribution in [0.5, 0.6) is 0 Å². The highest BCUT2D eigenvalue weighted by atomic mass is 19.1. The van der Waals surface area contributed by atoms with Crippen LogP contribution in [0, 0.1) is 5.82 Å². The number of hydrogen-bond acceptors (Lipinski definition) is 5. The van der Waals surface area contributed by atoms with Gasteiger partial charge in [0.1, 0.15) is 11.6 Å². The fraction of sp³-hybridized carbons (Fsp3) is 0.350. The number of nitrogens with zero attached hydrogens (tertiary/aromatic N) is 5. The maximum Gasteiger partial charge on any atom is 0.281 e. The summed E-state index contributed by atoms with van der Waals surface area (Å²) in [6, 6.07) is 6.08. The minimum Gasteiger partial charge on any atom is -0.339 e. The molecule has 0 bridgehead atoms. The van der Waals surface area contributed by atoms with Gasteiger partial charge in [0.15, 0.2) is 11.2 Å². The average molecular weight is 396 g/mol. The Morgan fingerprint density at radius 1 is 1.28 bits per heavy atom. The molecule has 8 nitrogen and oxygen atoms in total. The van der Waals surface area contributed by atoms with Crippen molar-refractivity contribution in [3.05, 3.63) is 64.0 Å². The van der Waals surface area contributed by atoms with Crippen LogP contribution < -0.4 is 5.56 Å². The summed E-state index contributed by atoms with van der Waals surface area (Å²) >= 11 is 0. The molecule has 1 aliphatic rings. The topological polar surface area (TPSA) is 96.8 Å². The number of carbonyl (C=O) groups excluding carboxylic acids is 1. The van der Waals surface area contributed by atoms with Crippen LogP contribution in [0.25, 0.3) is 11.2 Å². The molecule has 150 valence electrons. The normalized spacial score (nSPS) is 15.4. The molecule has 1 amide bonds. The first-order valence-electron chi connectivity index (χ1n) is 9.54. The standard InChI is InChI=1S/C20H21FN6O2/c1-2-3-16(28)26-10-8-14(9-11-26)18-22-19-17(20(29)23-18)24-25-27(19)12-13-4-6-15(21)7-5-13/h2-7,14H,8-12H2,1H3,(H,22,23,29)/b3-2+. The molecule has 1 saturated heterocycles. The van der Waals surface area contributed by atoms with E-state index in [0.29, 0.717) is 31.1 Å². The highest BCUT2D eigenvalue weighted by molar-refractivity contribution is 5.87. The molecule has 0 radical (unpaired) electrons. The van der Waals surface area contributed by atoms with E-state index in [0.717, 1.165) is 18.4 Å². The minimum atomic E-state index is -0.331. The van der Waals surface area contributed by atoms with Crippen molar-refractivity contribution in [3.63, 3.8) is 0 Å². The van der Waals surface area contributed by atoms with Crippen molar-refractivity contribution in [1.29, 1.82) is 0 Å². The number of allylic oxidation sites excluding steroid dienone is 1. The number of rotatable bonds is 4. The number of fused-ring (bicyclic) bond motifs is 1. The van der Waals surface area contributed by atoms with E-state index in [4.69, 9.17) is 0 Å². The molecular weight excluding hydrogens is 375 g/mol. The van der Waals surface area contributed by atoms with Gasteiger partial charge in [-0.25, -0.2) is 14.1 Å². The smallest absolute Gasteiger partial charge is 0.281 e. The molecule has 0 saturated carbocycles. The van der Waals surface area contributed by atoms with Crippen LogP contribution in [-0.2, 0) is 11.3 Å². The van der Waals surface area contributed by atoms with Crippen molar-refractivity contribution >= 4 is 17.1 Å². The van der Waals surface area contributed by atoms with Crippen LogP contribution in [0.4, 0.5) is 4.39 Å². The molecule has 4 rings (SSSR count). The first kappa shape index (κ1) is 19.0. The molecule has 0 atom stereocenters. The summed E-state index contributed by atoms with van der Waals surface area (Å²) in [7, 11) is 0. The van der Waals surface area contributed by atoms with Gasteiger partial charge in [0, 0.05) is 19.0 Å². The summed E-state index contributed by atoms with van der Waals surface area (Å²) in [6.07, 6.45) is 4.73. The Morgan fingerprint density at radius 2 is 2.00 bits per heavy atom. The van der Waals surface area contributed by atoms with E-state index in [-0.39, 0.29) is 28.7 Å². The highest BCUT2D eigenvalue weighted by Gasteiger charge is 2.25. The van der Waals surface area contributed by atoms with E-state index >= 15 is 0 Å². The van der Waals surface area contributed by atoms with Crippen LogP contribution in [0.2, 0.25) is 0 Å². The largest absolute Gasteiger partial charge is 0.339 e. The number of benzene rings is 1. The maximum absolute atomic E-state index is 13.1. The van der Waals surface area contributed by atoms with Gasteiger partial charge in [-0.1, -0.05) is 23.4 Å². The minimum absolute atomic E-state index is 0.00410. The van der Waals surface area contributed by atoms with Gasteiger partial charge < -0.3 is 9.88 Å². The number of aromatic amines is 1. The van der Waals surface area contributed by atoms with E-state index in [1.807, 2.05) is 6.92 Å². The summed E-state index contributed by atoms with van der Waals surface area (Å²) in [4.78, 5) is 33.7. The Labute approximate surface area is 166 Å². The Balaban J connectivity index is 1.57. The third-order valence-electron chi connectivity index (χ3n) is 5.14. The summed E-state index contributed by atoms with van der Waals surface area (Å²) in [5.41, 5.74) is 1.08. The second-order valence-corrected chi connectivity index (χ2v) is 7.10. The van der Waals surface area contributed by atoms with Gasteiger partial charge >= 0.3 is 0 Å². The Morgan fingerprint density at radius 3 is 2.69 bits per heavy atom. The molecule has 0 aliphatic carbocycles. The summed E-state index contributed by atoms with van der Waals surface area (Å²) in [5.74, 6) is 0.331. The lowest BCUT2D eigenvalue weighted by molar-refractivity contribution is -0.127. The first-order chi connectivity index (χ1) is 14.0. The van der Waals surface area contributed by atoms with Gasteiger partial charge in [-0.2, -0.15) is 0 Å². The van der Waals surface area contributed by atoms with Crippen molar-refractivity contribution in [2.75, 3.05) is 13.1 Å². The highest BCUT2D eigenvalue weighted by Crippen LogP contribution is 2.25. The molecule has 1 N–H and O–H groups in total. The molecular formula is C20H21FN6O2.